The standard InChI is InChI=1S/C20H32N2O2/c1-4-17(22-9-11-24-12-10-22)14-19(20(21)23)18-8-6-5-7-16(18)13-15(2)3/h5-8,15,17,19H,4,9-14H2,1-3H3,(H2,21,23). The van der Waals surface area contributed by atoms with Gasteiger partial charge in [-0.1, -0.05) is 45.0 Å². The third-order valence-corrected chi connectivity index (χ3v) is 4.94. The normalized spacial score (nSPS) is 18.5. The molecule has 1 amide bonds. The number of carbonyl (C=O) groups excluding carboxylic acids is 1. The van der Waals surface area contributed by atoms with E-state index in [1.165, 1.54) is 5.56 Å². The highest BCUT2D eigenvalue weighted by atomic mass is 16.5. The van der Waals surface area contributed by atoms with Crippen LogP contribution >= 0.6 is 0 Å². The minimum atomic E-state index is -0.215. The number of nitrogens with two attached hydrogens (primary N) is 1. The van der Waals surface area contributed by atoms with Gasteiger partial charge in [-0.3, -0.25) is 9.69 Å². The van der Waals surface area contributed by atoms with E-state index in [1.807, 2.05) is 6.07 Å². The summed E-state index contributed by atoms with van der Waals surface area (Å²) in [7, 11) is 0. The summed E-state index contributed by atoms with van der Waals surface area (Å²) in [6.45, 7) is 10.0. The summed E-state index contributed by atoms with van der Waals surface area (Å²) in [6.07, 6.45) is 2.80. The van der Waals surface area contributed by atoms with Crippen molar-refractivity contribution in [2.75, 3.05) is 26.3 Å². The molecule has 4 nitrogen and oxygen atoms in total. The number of hydrogen-bond donors (Lipinski definition) is 1. The second-order valence-corrected chi connectivity index (χ2v) is 7.20. The number of primary amides is 1. The van der Waals surface area contributed by atoms with Crippen molar-refractivity contribution < 1.29 is 9.53 Å². The van der Waals surface area contributed by atoms with Gasteiger partial charge in [-0.05, 0) is 36.3 Å². The Morgan fingerprint density at radius 1 is 1.25 bits per heavy atom. The topological polar surface area (TPSA) is 55.6 Å². The largest absolute Gasteiger partial charge is 0.379 e. The second kappa shape index (κ2) is 9.19. The number of nitrogens with zero attached hydrogens (tertiary/aromatic N) is 1. The molecule has 1 aliphatic rings. The molecule has 2 unspecified atom stereocenters. The van der Waals surface area contributed by atoms with Gasteiger partial charge in [0.15, 0.2) is 0 Å². The third-order valence-electron chi connectivity index (χ3n) is 4.94. The molecule has 0 aromatic heterocycles. The molecule has 0 saturated carbocycles. The Morgan fingerprint density at radius 2 is 1.92 bits per heavy atom. The molecule has 2 rings (SSSR count). The number of ether oxygens (including phenoxy) is 1. The van der Waals surface area contributed by atoms with E-state index in [0.717, 1.165) is 51.1 Å². The van der Waals surface area contributed by atoms with Gasteiger partial charge in [0.2, 0.25) is 5.91 Å². The predicted molar refractivity (Wildman–Crippen MR) is 98.0 cm³/mol. The Kier molecular flexibility index (Phi) is 7.25. The number of amides is 1. The monoisotopic (exact) mass is 332 g/mol. The molecular formula is C20H32N2O2. The fraction of sp³-hybridized carbons (Fsp3) is 0.650. The highest BCUT2D eigenvalue weighted by Gasteiger charge is 2.28. The van der Waals surface area contributed by atoms with Crippen molar-refractivity contribution in [2.24, 2.45) is 11.7 Å². The molecule has 2 atom stereocenters. The zero-order valence-corrected chi connectivity index (χ0v) is 15.3. The summed E-state index contributed by atoms with van der Waals surface area (Å²) in [5.41, 5.74) is 8.19. The maximum Gasteiger partial charge on any atom is 0.225 e. The lowest BCUT2D eigenvalue weighted by Gasteiger charge is -2.35. The van der Waals surface area contributed by atoms with Crippen molar-refractivity contribution in [1.29, 1.82) is 0 Å². The minimum Gasteiger partial charge on any atom is -0.379 e. The average molecular weight is 332 g/mol. The van der Waals surface area contributed by atoms with Crippen LogP contribution in [0.1, 0.15) is 50.7 Å². The van der Waals surface area contributed by atoms with E-state index in [0.29, 0.717) is 12.0 Å². The third kappa shape index (κ3) is 5.05. The van der Waals surface area contributed by atoms with Gasteiger partial charge in [-0.2, -0.15) is 0 Å². The molecule has 1 fully saturated rings. The zero-order valence-electron chi connectivity index (χ0n) is 15.3. The van der Waals surface area contributed by atoms with E-state index in [9.17, 15) is 4.79 Å². The molecule has 134 valence electrons. The molecule has 24 heavy (non-hydrogen) atoms. The summed E-state index contributed by atoms with van der Waals surface area (Å²) in [6, 6.07) is 8.67. The Balaban J connectivity index is 2.21. The Hall–Kier alpha value is -1.39. The maximum absolute atomic E-state index is 12.3. The van der Waals surface area contributed by atoms with Crippen molar-refractivity contribution in [3.05, 3.63) is 35.4 Å². The van der Waals surface area contributed by atoms with Gasteiger partial charge in [0.25, 0.3) is 0 Å². The first-order valence-corrected chi connectivity index (χ1v) is 9.21. The van der Waals surface area contributed by atoms with Crippen LogP contribution in [0.4, 0.5) is 0 Å². The molecule has 1 aromatic carbocycles. The van der Waals surface area contributed by atoms with Crippen LogP contribution in [0.5, 0.6) is 0 Å². The minimum absolute atomic E-state index is 0.210. The second-order valence-electron chi connectivity index (χ2n) is 7.20. The predicted octanol–water partition coefficient (Wildman–Crippen LogP) is 2.95. The summed E-state index contributed by atoms with van der Waals surface area (Å²) in [5, 5.41) is 0. The quantitative estimate of drug-likeness (QED) is 0.796. The summed E-state index contributed by atoms with van der Waals surface area (Å²) in [5.74, 6) is 0.131. The number of morpholine rings is 1. The van der Waals surface area contributed by atoms with Crippen molar-refractivity contribution in [3.8, 4) is 0 Å². The van der Waals surface area contributed by atoms with E-state index < -0.39 is 0 Å². The first-order chi connectivity index (χ1) is 11.5. The van der Waals surface area contributed by atoms with Gasteiger partial charge in [0, 0.05) is 19.1 Å². The van der Waals surface area contributed by atoms with Gasteiger partial charge >= 0.3 is 0 Å². The highest BCUT2D eigenvalue weighted by molar-refractivity contribution is 5.82. The van der Waals surface area contributed by atoms with Gasteiger partial charge in [-0.25, -0.2) is 0 Å². The van der Waals surface area contributed by atoms with Crippen molar-refractivity contribution in [1.82, 2.24) is 4.90 Å². The van der Waals surface area contributed by atoms with Crippen LogP contribution in [0.15, 0.2) is 24.3 Å². The van der Waals surface area contributed by atoms with E-state index in [2.05, 4.69) is 43.9 Å². The Morgan fingerprint density at radius 3 is 2.50 bits per heavy atom. The SMILES string of the molecule is CCC(CC(C(N)=O)c1ccccc1CC(C)C)N1CCOCC1. The number of rotatable bonds is 8. The number of benzene rings is 1. The summed E-state index contributed by atoms with van der Waals surface area (Å²) < 4.78 is 5.46. The van der Waals surface area contributed by atoms with Crippen LogP contribution in [-0.4, -0.2) is 43.2 Å². The molecule has 0 aliphatic carbocycles. The first-order valence-electron chi connectivity index (χ1n) is 9.21. The van der Waals surface area contributed by atoms with Crippen LogP contribution in [0.3, 0.4) is 0 Å². The van der Waals surface area contributed by atoms with Crippen molar-refractivity contribution >= 4 is 5.91 Å². The summed E-state index contributed by atoms with van der Waals surface area (Å²) in [4.78, 5) is 14.7. The fourth-order valence-corrected chi connectivity index (χ4v) is 3.68. The molecule has 0 bridgehead atoms. The van der Waals surface area contributed by atoms with E-state index in [4.69, 9.17) is 10.5 Å². The number of carbonyl (C=O) groups is 1. The highest BCUT2D eigenvalue weighted by Crippen LogP contribution is 2.29. The van der Waals surface area contributed by atoms with E-state index in [-0.39, 0.29) is 11.8 Å². The Bertz CT molecular complexity index is 524. The molecule has 0 radical (unpaired) electrons. The zero-order chi connectivity index (χ0) is 17.5. The smallest absolute Gasteiger partial charge is 0.225 e. The average Bonchev–Trinajstić information content (AvgIpc) is 2.57. The molecule has 0 spiro atoms. The van der Waals surface area contributed by atoms with Crippen LogP contribution < -0.4 is 5.73 Å². The van der Waals surface area contributed by atoms with Crippen LogP contribution in [0.25, 0.3) is 0 Å². The van der Waals surface area contributed by atoms with Crippen molar-refractivity contribution in [2.45, 2.75) is 52.0 Å². The molecule has 1 aliphatic heterocycles. The van der Waals surface area contributed by atoms with Gasteiger partial charge in [0.05, 0.1) is 19.1 Å². The van der Waals surface area contributed by atoms with Crippen molar-refractivity contribution in [3.63, 3.8) is 0 Å². The van der Waals surface area contributed by atoms with Crippen LogP contribution in [0.2, 0.25) is 0 Å². The maximum atomic E-state index is 12.3. The van der Waals surface area contributed by atoms with E-state index in [1.54, 1.807) is 0 Å². The molecule has 2 N–H and O–H groups in total. The summed E-state index contributed by atoms with van der Waals surface area (Å²) >= 11 is 0. The molecular weight excluding hydrogens is 300 g/mol. The molecule has 4 heteroatoms. The fourth-order valence-electron chi connectivity index (χ4n) is 3.68. The molecule has 1 aromatic rings. The van der Waals surface area contributed by atoms with Crippen LogP contribution in [-0.2, 0) is 16.0 Å². The molecule has 1 heterocycles. The number of hydrogen-bond acceptors (Lipinski definition) is 3. The van der Waals surface area contributed by atoms with Gasteiger partial charge in [-0.15, -0.1) is 0 Å². The molecule has 1 saturated heterocycles. The lowest BCUT2D eigenvalue weighted by molar-refractivity contribution is -0.120. The van der Waals surface area contributed by atoms with Gasteiger partial charge < -0.3 is 10.5 Å². The van der Waals surface area contributed by atoms with E-state index >= 15 is 0 Å². The first kappa shape index (κ1) is 18.9. The van der Waals surface area contributed by atoms with Gasteiger partial charge in [0.1, 0.15) is 0 Å². The lowest BCUT2D eigenvalue weighted by Crippen LogP contribution is -2.44. The Labute approximate surface area is 146 Å². The van der Waals surface area contributed by atoms with Crippen LogP contribution in [0, 0.1) is 5.92 Å². The lowest BCUT2D eigenvalue weighted by atomic mass is 9.85.